The fourth-order valence-corrected chi connectivity index (χ4v) is 3.53. The zero-order valence-corrected chi connectivity index (χ0v) is 17.5. The molecule has 7 heteroatoms. The molecule has 1 aromatic carbocycles. The van der Waals surface area contributed by atoms with Crippen LogP contribution in [0.2, 0.25) is 5.02 Å². The number of carbonyl (C=O) groups is 1. The summed E-state index contributed by atoms with van der Waals surface area (Å²) in [7, 11) is 0. The molecule has 154 valence electrons. The first-order valence-electron chi connectivity index (χ1n) is 9.90. The summed E-state index contributed by atoms with van der Waals surface area (Å²) >= 11 is 5.90. The molecule has 0 N–H and O–H groups in total. The maximum atomic E-state index is 12.5. The molecule has 0 bridgehead atoms. The minimum atomic E-state index is -0.327. The van der Waals surface area contributed by atoms with Gasteiger partial charge in [-0.25, -0.2) is 9.78 Å². The number of rotatable bonds is 4. The number of halogens is 1. The van der Waals surface area contributed by atoms with E-state index in [1.165, 1.54) is 5.56 Å². The molecule has 4 rings (SSSR count). The van der Waals surface area contributed by atoms with Gasteiger partial charge in [-0.3, -0.25) is 4.98 Å². The Balaban J connectivity index is 1.29. The Morgan fingerprint density at radius 3 is 2.47 bits per heavy atom. The van der Waals surface area contributed by atoms with E-state index in [1.807, 2.05) is 48.7 Å². The van der Waals surface area contributed by atoms with Gasteiger partial charge in [0.05, 0.1) is 5.02 Å². The summed E-state index contributed by atoms with van der Waals surface area (Å²) in [5.41, 5.74) is 3.34. The number of nitrogens with zero attached hydrogens (tertiary/aromatic N) is 4. The van der Waals surface area contributed by atoms with Gasteiger partial charge in [0.25, 0.3) is 0 Å². The molecular weight excluding hydrogens is 400 g/mol. The van der Waals surface area contributed by atoms with Crippen LogP contribution < -0.4 is 9.64 Å². The molecule has 0 spiro atoms. The van der Waals surface area contributed by atoms with Crippen LogP contribution in [0.3, 0.4) is 0 Å². The van der Waals surface area contributed by atoms with Gasteiger partial charge in [0.2, 0.25) is 0 Å². The second-order valence-corrected chi connectivity index (χ2v) is 7.76. The van der Waals surface area contributed by atoms with Crippen molar-refractivity contribution < 1.29 is 9.53 Å². The van der Waals surface area contributed by atoms with E-state index >= 15 is 0 Å². The Morgan fingerprint density at radius 2 is 1.80 bits per heavy atom. The summed E-state index contributed by atoms with van der Waals surface area (Å²) in [5.74, 6) is 1.41. The third-order valence-corrected chi connectivity index (χ3v) is 5.28. The molecule has 1 saturated heterocycles. The zero-order chi connectivity index (χ0) is 20.9. The van der Waals surface area contributed by atoms with E-state index in [-0.39, 0.29) is 6.09 Å². The van der Waals surface area contributed by atoms with Crippen LogP contribution in [0, 0.1) is 6.92 Å². The molecule has 3 heterocycles. The van der Waals surface area contributed by atoms with Crippen molar-refractivity contribution in [2.45, 2.75) is 13.3 Å². The van der Waals surface area contributed by atoms with E-state index < -0.39 is 0 Å². The largest absolute Gasteiger partial charge is 0.415 e. The number of ether oxygens (including phenoxy) is 1. The molecule has 1 fully saturated rings. The minimum absolute atomic E-state index is 0.327. The fourth-order valence-electron chi connectivity index (χ4n) is 3.42. The molecule has 30 heavy (non-hydrogen) atoms. The fraction of sp³-hybridized carbons (Fsp3) is 0.261. The first kappa shape index (κ1) is 20.2. The number of amides is 1. The van der Waals surface area contributed by atoms with Gasteiger partial charge < -0.3 is 14.5 Å². The number of piperazine rings is 1. The van der Waals surface area contributed by atoms with Crippen LogP contribution in [0.5, 0.6) is 5.75 Å². The SMILES string of the molecule is Cc1ccnc(Cc2ccc(OC(=O)N3CCN(c4ccc(Cl)cn4)CC3)cc2)c1. The zero-order valence-electron chi connectivity index (χ0n) is 16.8. The number of carbonyl (C=O) groups excluding carboxylic acids is 1. The number of hydrogen-bond donors (Lipinski definition) is 0. The van der Waals surface area contributed by atoms with Crippen molar-refractivity contribution in [2.24, 2.45) is 0 Å². The molecule has 6 nitrogen and oxygen atoms in total. The molecule has 0 unspecified atom stereocenters. The van der Waals surface area contributed by atoms with Crippen LogP contribution in [-0.4, -0.2) is 47.1 Å². The Kier molecular flexibility index (Phi) is 6.14. The van der Waals surface area contributed by atoms with Gasteiger partial charge in [0.15, 0.2) is 0 Å². The van der Waals surface area contributed by atoms with E-state index in [1.54, 1.807) is 11.1 Å². The average molecular weight is 423 g/mol. The van der Waals surface area contributed by atoms with E-state index in [9.17, 15) is 4.79 Å². The third-order valence-electron chi connectivity index (χ3n) is 5.06. The molecular formula is C23H23ClN4O2. The standard InChI is InChI=1S/C23H23ClN4O2/c1-17-8-9-25-20(14-17)15-18-2-5-21(6-3-18)30-23(29)28-12-10-27(11-13-28)22-7-4-19(24)16-26-22/h2-9,14,16H,10-13,15H2,1H3. The van der Waals surface area contributed by atoms with Crippen molar-refractivity contribution in [2.75, 3.05) is 31.1 Å². The maximum absolute atomic E-state index is 12.5. The molecule has 1 aliphatic heterocycles. The summed E-state index contributed by atoms with van der Waals surface area (Å²) in [5, 5.41) is 0.613. The molecule has 1 aliphatic rings. The topological polar surface area (TPSA) is 58.6 Å². The highest BCUT2D eigenvalue weighted by molar-refractivity contribution is 6.30. The lowest BCUT2D eigenvalue weighted by Crippen LogP contribution is -2.49. The highest BCUT2D eigenvalue weighted by Crippen LogP contribution is 2.19. The van der Waals surface area contributed by atoms with Gasteiger partial charge in [-0.2, -0.15) is 0 Å². The van der Waals surface area contributed by atoms with Gasteiger partial charge in [-0.05, 0) is 54.4 Å². The van der Waals surface area contributed by atoms with Gasteiger partial charge in [0, 0.05) is 50.7 Å². The highest BCUT2D eigenvalue weighted by Gasteiger charge is 2.23. The molecule has 0 aliphatic carbocycles. The van der Waals surface area contributed by atoms with Crippen molar-refractivity contribution in [1.29, 1.82) is 0 Å². The van der Waals surface area contributed by atoms with Crippen molar-refractivity contribution in [3.8, 4) is 5.75 Å². The Hall–Kier alpha value is -3.12. The van der Waals surface area contributed by atoms with Crippen LogP contribution in [0.25, 0.3) is 0 Å². The van der Waals surface area contributed by atoms with Gasteiger partial charge in [-0.1, -0.05) is 23.7 Å². The maximum Gasteiger partial charge on any atom is 0.415 e. The molecule has 2 aromatic heterocycles. The first-order valence-corrected chi connectivity index (χ1v) is 10.3. The van der Waals surface area contributed by atoms with Crippen LogP contribution >= 0.6 is 11.6 Å². The van der Waals surface area contributed by atoms with E-state index in [4.69, 9.17) is 16.3 Å². The Bertz CT molecular complexity index is 1000. The van der Waals surface area contributed by atoms with Gasteiger partial charge in [-0.15, -0.1) is 0 Å². The van der Waals surface area contributed by atoms with Crippen LogP contribution in [-0.2, 0) is 6.42 Å². The lowest BCUT2D eigenvalue weighted by molar-refractivity contribution is 0.149. The highest BCUT2D eigenvalue weighted by atomic mass is 35.5. The molecule has 3 aromatic rings. The molecule has 0 radical (unpaired) electrons. The summed E-state index contributed by atoms with van der Waals surface area (Å²) in [4.78, 5) is 25.1. The van der Waals surface area contributed by atoms with E-state index in [0.717, 1.165) is 23.5 Å². The number of aromatic nitrogens is 2. The van der Waals surface area contributed by atoms with Crippen molar-refractivity contribution in [3.05, 3.63) is 82.8 Å². The predicted octanol–water partition coefficient (Wildman–Crippen LogP) is 4.35. The predicted molar refractivity (Wildman–Crippen MR) is 117 cm³/mol. The molecule has 0 saturated carbocycles. The lowest BCUT2D eigenvalue weighted by Gasteiger charge is -2.34. The van der Waals surface area contributed by atoms with Crippen LogP contribution in [0.15, 0.2) is 60.9 Å². The monoisotopic (exact) mass is 422 g/mol. The summed E-state index contributed by atoms with van der Waals surface area (Å²) in [6.45, 7) is 4.62. The van der Waals surface area contributed by atoms with Crippen LogP contribution in [0.4, 0.5) is 10.6 Å². The summed E-state index contributed by atoms with van der Waals surface area (Å²) in [6, 6.07) is 15.4. The number of pyridine rings is 2. The normalized spacial score (nSPS) is 13.9. The second-order valence-electron chi connectivity index (χ2n) is 7.32. The van der Waals surface area contributed by atoms with Crippen LogP contribution in [0.1, 0.15) is 16.8 Å². The summed E-state index contributed by atoms with van der Waals surface area (Å²) < 4.78 is 5.55. The average Bonchev–Trinajstić information content (AvgIpc) is 2.76. The number of benzene rings is 1. The van der Waals surface area contributed by atoms with E-state index in [2.05, 4.69) is 27.9 Å². The second kappa shape index (κ2) is 9.13. The minimum Gasteiger partial charge on any atom is -0.410 e. The lowest BCUT2D eigenvalue weighted by atomic mass is 10.1. The van der Waals surface area contributed by atoms with E-state index in [0.29, 0.717) is 37.0 Å². The number of anilines is 1. The molecule has 1 amide bonds. The smallest absolute Gasteiger partial charge is 0.410 e. The van der Waals surface area contributed by atoms with Crippen molar-refractivity contribution in [3.63, 3.8) is 0 Å². The number of hydrogen-bond acceptors (Lipinski definition) is 5. The molecule has 0 atom stereocenters. The quantitative estimate of drug-likeness (QED) is 0.625. The summed E-state index contributed by atoms with van der Waals surface area (Å²) in [6.07, 6.45) is 3.88. The first-order chi connectivity index (χ1) is 14.6. The van der Waals surface area contributed by atoms with Crippen molar-refractivity contribution >= 4 is 23.5 Å². The third kappa shape index (κ3) is 5.07. The van der Waals surface area contributed by atoms with Gasteiger partial charge in [0.1, 0.15) is 11.6 Å². The van der Waals surface area contributed by atoms with Gasteiger partial charge >= 0.3 is 6.09 Å². The van der Waals surface area contributed by atoms with Crippen molar-refractivity contribution in [1.82, 2.24) is 14.9 Å². The Labute approximate surface area is 181 Å². The Morgan fingerprint density at radius 1 is 1.03 bits per heavy atom. The number of aryl methyl sites for hydroxylation is 1.